The van der Waals surface area contributed by atoms with Crippen molar-refractivity contribution in [2.75, 3.05) is 39.9 Å². The molecule has 1 amide bonds. The summed E-state index contributed by atoms with van der Waals surface area (Å²) in [5.74, 6) is -2.63. The van der Waals surface area contributed by atoms with E-state index in [1.54, 1.807) is 0 Å². The van der Waals surface area contributed by atoms with E-state index < -0.39 is 12.1 Å². The molecule has 2 aliphatic rings. The Labute approximate surface area is 154 Å². The number of alkyl halides is 3. The molecule has 0 aliphatic carbocycles. The number of likely N-dealkylation sites (tertiary alicyclic amines) is 1. The van der Waals surface area contributed by atoms with Crippen LogP contribution >= 0.6 is 0 Å². The van der Waals surface area contributed by atoms with Gasteiger partial charge in [-0.25, -0.2) is 9.78 Å². The highest BCUT2D eigenvalue weighted by Crippen LogP contribution is 2.20. The van der Waals surface area contributed by atoms with Crippen LogP contribution in [0.1, 0.15) is 24.6 Å². The largest absolute Gasteiger partial charge is 0.490 e. The van der Waals surface area contributed by atoms with Gasteiger partial charge in [-0.2, -0.15) is 13.2 Å². The monoisotopic (exact) mass is 392 g/mol. The van der Waals surface area contributed by atoms with Crippen LogP contribution in [0.3, 0.4) is 0 Å². The van der Waals surface area contributed by atoms with E-state index in [1.807, 2.05) is 17.4 Å². The fourth-order valence-corrected chi connectivity index (χ4v) is 3.05. The first-order valence-electron chi connectivity index (χ1n) is 8.53. The van der Waals surface area contributed by atoms with E-state index in [0.717, 1.165) is 39.0 Å². The van der Waals surface area contributed by atoms with Crippen molar-refractivity contribution in [1.82, 2.24) is 19.4 Å². The van der Waals surface area contributed by atoms with Gasteiger partial charge in [-0.1, -0.05) is 0 Å². The molecule has 0 spiro atoms. The molecule has 0 bridgehead atoms. The average Bonchev–Trinajstić information content (AvgIpc) is 3.25. The van der Waals surface area contributed by atoms with E-state index in [9.17, 15) is 18.0 Å². The molecule has 2 aliphatic heterocycles. The Morgan fingerprint density at radius 1 is 1.33 bits per heavy atom. The number of aliphatic carboxylic acids is 1. The van der Waals surface area contributed by atoms with E-state index in [0.29, 0.717) is 6.61 Å². The molecule has 8 nitrogen and oxygen atoms in total. The summed E-state index contributed by atoms with van der Waals surface area (Å²) in [6, 6.07) is 0.248. The van der Waals surface area contributed by atoms with Crippen LogP contribution in [0.4, 0.5) is 13.2 Å². The Morgan fingerprint density at radius 2 is 1.96 bits per heavy atom. The minimum absolute atomic E-state index is 0.123. The lowest BCUT2D eigenvalue weighted by molar-refractivity contribution is -0.192. The summed E-state index contributed by atoms with van der Waals surface area (Å²) in [5.41, 5.74) is 1.21. The number of fused-ring (bicyclic) bond motifs is 1. The summed E-state index contributed by atoms with van der Waals surface area (Å²) < 4.78 is 39.6. The molecule has 1 fully saturated rings. The highest BCUT2D eigenvalue weighted by atomic mass is 19.4. The number of hydrogen-bond acceptors (Lipinski definition) is 5. The first kappa shape index (κ1) is 21.2. The number of nitrogens with zero attached hydrogens (tertiary/aromatic N) is 4. The van der Waals surface area contributed by atoms with E-state index in [1.165, 1.54) is 5.69 Å². The van der Waals surface area contributed by atoms with Crippen molar-refractivity contribution in [2.45, 2.75) is 31.6 Å². The average molecular weight is 392 g/mol. The van der Waals surface area contributed by atoms with Crippen molar-refractivity contribution in [3.05, 3.63) is 18.2 Å². The highest BCUT2D eigenvalue weighted by Gasteiger charge is 2.38. The SMILES string of the molecule is CN1Cc2cncn2C(COCC(=O)N2CCCC2)C1.O=C(O)C(F)(F)F. The van der Waals surface area contributed by atoms with Crippen molar-refractivity contribution >= 4 is 11.9 Å². The van der Waals surface area contributed by atoms with Gasteiger partial charge in [-0.05, 0) is 19.9 Å². The number of carboxylic acid groups (broad SMARTS) is 1. The van der Waals surface area contributed by atoms with Crippen molar-refractivity contribution in [2.24, 2.45) is 0 Å². The second-order valence-electron chi connectivity index (χ2n) is 6.55. The first-order chi connectivity index (χ1) is 12.7. The summed E-state index contributed by atoms with van der Waals surface area (Å²) in [6.07, 6.45) is 0.922. The molecule has 1 atom stereocenters. The molecule has 3 rings (SSSR count). The Kier molecular flexibility index (Phi) is 7.19. The van der Waals surface area contributed by atoms with Gasteiger partial charge in [0.15, 0.2) is 0 Å². The summed E-state index contributed by atoms with van der Waals surface area (Å²) in [6.45, 7) is 4.39. The Hall–Kier alpha value is -2.14. The molecule has 1 N–H and O–H groups in total. The minimum atomic E-state index is -5.08. The lowest BCUT2D eigenvalue weighted by Gasteiger charge is -2.31. The number of imidazole rings is 1. The summed E-state index contributed by atoms with van der Waals surface area (Å²) in [7, 11) is 2.10. The number of rotatable bonds is 4. The van der Waals surface area contributed by atoms with E-state index >= 15 is 0 Å². The molecule has 1 unspecified atom stereocenters. The van der Waals surface area contributed by atoms with E-state index in [-0.39, 0.29) is 18.6 Å². The second-order valence-corrected chi connectivity index (χ2v) is 6.55. The molecule has 0 radical (unpaired) electrons. The van der Waals surface area contributed by atoms with Crippen molar-refractivity contribution < 1.29 is 32.6 Å². The van der Waals surface area contributed by atoms with Crippen LogP contribution in [0, 0.1) is 0 Å². The van der Waals surface area contributed by atoms with Crippen LogP contribution in [0.5, 0.6) is 0 Å². The van der Waals surface area contributed by atoms with E-state index in [4.69, 9.17) is 14.6 Å². The predicted molar refractivity (Wildman–Crippen MR) is 87.9 cm³/mol. The van der Waals surface area contributed by atoms with Gasteiger partial charge in [0.05, 0.1) is 24.7 Å². The second kappa shape index (κ2) is 9.18. The molecule has 0 aromatic carbocycles. The van der Waals surface area contributed by atoms with Crippen LogP contribution in [0.2, 0.25) is 0 Å². The number of aromatic nitrogens is 2. The Balaban J connectivity index is 0.000000321. The van der Waals surface area contributed by atoms with Gasteiger partial charge in [0.25, 0.3) is 0 Å². The molecule has 0 saturated carbocycles. The standard InChI is InChI=1S/C14H22N4O2.C2HF3O2/c1-16-7-12-6-15-11-18(12)13(8-16)9-20-10-14(19)17-4-2-3-5-17;3-2(4,5)1(6)7/h6,11,13H,2-5,7-10H2,1H3;(H,6,7). The zero-order chi connectivity index (χ0) is 20.0. The number of carboxylic acids is 1. The number of hydrogen-bond donors (Lipinski definition) is 1. The maximum absolute atomic E-state index is 11.9. The van der Waals surface area contributed by atoms with Crippen LogP contribution < -0.4 is 0 Å². The van der Waals surface area contributed by atoms with Crippen molar-refractivity contribution in [3.63, 3.8) is 0 Å². The van der Waals surface area contributed by atoms with Gasteiger partial charge in [-0.15, -0.1) is 0 Å². The van der Waals surface area contributed by atoms with Crippen LogP contribution in [0.25, 0.3) is 0 Å². The lowest BCUT2D eigenvalue weighted by atomic mass is 10.2. The van der Waals surface area contributed by atoms with Gasteiger partial charge < -0.3 is 19.3 Å². The molecular formula is C16H23F3N4O4. The zero-order valence-electron chi connectivity index (χ0n) is 15.0. The molecule has 1 saturated heterocycles. The predicted octanol–water partition coefficient (Wildman–Crippen LogP) is 1.14. The number of ether oxygens (including phenoxy) is 1. The molecule has 11 heteroatoms. The Bertz CT molecular complexity index is 644. The van der Waals surface area contributed by atoms with Crippen LogP contribution in [0.15, 0.2) is 12.5 Å². The molecule has 152 valence electrons. The Morgan fingerprint density at radius 3 is 2.56 bits per heavy atom. The molecule has 1 aromatic rings. The summed E-state index contributed by atoms with van der Waals surface area (Å²) >= 11 is 0. The number of carbonyl (C=O) groups excluding carboxylic acids is 1. The molecule has 1 aromatic heterocycles. The lowest BCUT2D eigenvalue weighted by Crippen LogP contribution is -2.37. The third kappa shape index (κ3) is 6.21. The zero-order valence-corrected chi connectivity index (χ0v) is 15.0. The number of amides is 1. The first-order valence-corrected chi connectivity index (χ1v) is 8.53. The number of likely N-dealkylation sites (N-methyl/N-ethyl adjacent to an activating group) is 1. The summed E-state index contributed by atoms with van der Waals surface area (Å²) in [4.78, 5) is 29.2. The fraction of sp³-hybridized carbons (Fsp3) is 0.688. The third-order valence-electron chi connectivity index (χ3n) is 4.33. The molecular weight excluding hydrogens is 369 g/mol. The van der Waals surface area contributed by atoms with Gasteiger partial charge in [0, 0.05) is 32.4 Å². The van der Waals surface area contributed by atoms with Crippen LogP contribution in [-0.2, 0) is 20.9 Å². The smallest absolute Gasteiger partial charge is 0.475 e. The van der Waals surface area contributed by atoms with Gasteiger partial charge in [0.2, 0.25) is 5.91 Å². The maximum Gasteiger partial charge on any atom is 0.490 e. The third-order valence-corrected chi connectivity index (χ3v) is 4.33. The highest BCUT2D eigenvalue weighted by molar-refractivity contribution is 5.77. The topological polar surface area (TPSA) is 87.9 Å². The van der Waals surface area contributed by atoms with Gasteiger partial charge in [0.1, 0.15) is 6.61 Å². The van der Waals surface area contributed by atoms with E-state index in [2.05, 4.69) is 21.5 Å². The molecule has 3 heterocycles. The van der Waals surface area contributed by atoms with Crippen molar-refractivity contribution in [3.8, 4) is 0 Å². The van der Waals surface area contributed by atoms with Gasteiger partial charge in [-0.3, -0.25) is 9.69 Å². The number of halogens is 3. The maximum atomic E-state index is 11.9. The van der Waals surface area contributed by atoms with Crippen LogP contribution in [-0.4, -0.2) is 82.4 Å². The fourth-order valence-electron chi connectivity index (χ4n) is 3.05. The minimum Gasteiger partial charge on any atom is -0.475 e. The quantitative estimate of drug-likeness (QED) is 0.827. The normalized spacial score (nSPS) is 20.0. The van der Waals surface area contributed by atoms with Crippen molar-refractivity contribution in [1.29, 1.82) is 0 Å². The van der Waals surface area contributed by atoms with Gasteiger partial charge >= 0.3 is 12.1 Å². The number of carbonyl (C=O) groups is 2. The summed E-state index contributed by atoms with van der Waals surface area (Å²) in [5, 5.41) is 7.12. The molecule has 27 heavy (non-hydrogen) atoms.